The van der Waals surface area contributed by atoms with Gasteiger partial charge >= 0.3 is 0 Å². The van der Waals surface area contributed by atoms with E-state index >= 15 is 0 Å². The number of hydrogen-bond donors (Lipinski definition) is 1. The second-order valence-electron chi connectivity index (χ2n) is 4.87. The molecule has 1 unspecified atom stereocenters. The van der Waals surface area contributed by atoms with E-state index in [1.54, 1.807) is 50.4 Å². The molecule has 0 radical (unpaired) electrons. The van der Waals surface area contributed by atoms with Crippen LogP contribution in [0.2, 0.25) is 0 Å². The molecule has 0 aliphatic heterocycles. The van der Waals surface area contributed by atoms with Gasteiger partial charge in [-0.25, -0.2) is 0 Å². The summed E-state index contributed by atoms with van der Waals surface area (Å²) < 4.78 is 10.8. The lowest BCUT2D eigenvalue weighted by atomic mass is 10.0. The second kappa shape index (κ2) is 6.31. The van der Waals surface area contributed by atoms with Crippen molar-refractivity contribution in [3.05, 3.63) is 53.6 Å². The molecule has 0 saturated heterocycles. The molecular weight excluding hydrogens is 266 g/mol. The van der Waals surface area contributed by atoms with Gasteiger partial charge in [0, 0.05) is 11.3 Å². The van der Waals surface area contributed by atoms with Crippen molar-refractivity contribution in [3.8, 4) is 11.5 Å². The highest BCUT2D eigenvalue weighted by Crippen LogP contribution is 2.20. The number of methoxy groups -OCH3 is 1. The number of anilines is 1. The summed E-state index contributed by atoms with van der Waals surface area (Å²) in [7, 11) is 1.60. The second-order valence-corrected chi connectivity index (χ2v) is 4.87. The molecule has 21 heavy (non-hydrogen) atoms. The van der Waals surface area contributed by atoms with Crippen LogP contribution in [-0.4, -0.2) is 19.0 Å². The van der Waals surface area contributed by atoms with Gasteiger partial charge in [-0.15, -0.1) is 0 Å². The number of rotatable bonds is 5. The Labute approximate surface area is 124 Å². The van der Waals surface area contributed by atoms with Crippen molar-refractivity contribution < 1.29 is 14.3 Å². The van der Waals surface area contributed by atoms with Crippen LogP contribution in [0, 0.1) is 6.92 Å². The summed E-state index contributed by atoms with van der Waals surface area (Å²) in [4.78, 5) is 12.4. The maximum Gasteiger partial charge on any atom is 0.203 e. The third-order valence-electron chi connectivity index (χ3n) is 3.26. The Hall–Kier alpha value is -2.49. The van der Waals surface area contributed by atoms with Gasteiger partial charge in [0.05, 0.1) is 7.11 Å². The molecule has 0 aromatic heterocycles. The summed E-state index contributed by atoms with van der Waals surface area (Å²) in [5, 5.41) is 0. The minimum absolute atomic E-state index is 0.0630. The summed E-state index contributed by atoms with van der Waals surface area (Å²) in [6.07, 6.45) is -0.569. The van der Waals surface area contributed by atoms with Gasteiger partial charge in [-0.2, -0.15) is 0 Å². The van der Waals surface area contributed by atoms with Gasteiger partial charge < -0.3 is 15.2 Å². The number of benzene rings is 2. The van der Waals surface area contributed by atoms with E-state index in [9.17, 15) is 4.79 Å². The van der Waals surface area contributed by atoms with Crippen LogP contribution in [0.25, 0.3) is 0 Å². The van der Waals surface area contributed by atoms with Crippen molar-refractivity contribution in [2.24, 2.45) is 0 Å². The third kappa shape index (κ3) is 3.54. The van der Waals surface area contributed by atoms with Crippen LogP contribution >= 0.6 is 0 Å². The van der Waals surface area contributed by atoms with Gasteiger partial charge in [-0.3, -0.25) is 4.79 Å². The molecule has 2 rings (SSSR count). The van der Waals surface area contributed by atoms with Gasteiger partial charge in [-0.05, 0) is 61.9 Å². The normalized spacial score (nSPS) is 11.8. The van der Waals surface area contributed by atoms with Gasteiger partial charge in [-0.1, -0.05) is 0 Å². The quantitative estimate of drug-likeness (QED) is 0.676. The van der Waals surface area contributed by atoms with E-state index in [4.69, 9.17) is 15.2 Å². The summed E-state index contributed by atoms with van der Waals surface area (Å²) in [5.41, 5.74) is 7.79. The van der Waals surface area contributed by atoms with Crippen LogP contribution in [0.15, 0.2) is 42.5 Å². The molecule has 4 nitrogen and oxygen atoms in total. The zero-order valence-corrected chi connectivity index (χ0v) is 12.4. The highest BCUT2D eigenvalue weighted by atomic mass is 16.5. The minimum atomic E-state index is -0.569. The Morgan fingerprint density at radius 2 is 1.71 bits per heavy atom. The number of aryl methyl sites for hydroxylation is 1. The smallest absolute Gasteiger partial charge is 0.203 e. The van der Waals surface area contributed by atoms with Crippen LogP contribution in [0.1, 0.15) is 22.8 Å². The third-order valence-corrected chi connectivity index (χ3v) is 3.26. The average molecular weight is 285 g/mol. The van der Waals surface area contributed by atoms with Crippen molar-refractivity contribution in [2.45, 2.75) is 20.0 Å². The summed E-state index contributed by atoms with van der Waals surface area (Å²) in [6.45, 7) is 3.62. The topological polar surface area (TPSA) is 61.5 Å². The lowest BCUT2D eigenvalue weighted by Crippen LogP contribution is -2.24. The lowest BCUT2D eigenvalue weighted by Gasteiger charge is -2.15. The number of nitrogens with two attached hydrogens (primary N) is 1. The Kier molecular flexibility index (Phi) is 4.48. The standard InChI is InChI=1S/C17H19NO3/c1-11-10-15(20-3)8-9-16(11)17(19)12(2)21-14-6-4-13(18)5-7-14/h4-10,12H,18H2,1-3H3. The van der Waals surface area contributed by atoms with Gasteiger partial charge in [0.15, 0.2) is 6.10 Å². The molecule has 0 fully saturated rings. The first-order valence-electron chi connectivity index (χ1n) is 6.72. The van der Waals surface area contributed by atoms with E-state index in [0.717, 1.165) is 11.3 Å². The SMILES string of the molecule is COc1ccc(C(=O)C(C)Oc2ccc(N)cc2)c(C)c1. The first-order valence-corrected chi connectivity index (χ1v) is 6.72. The maximum absolute atomic E-state index is 12.4. The highest BCUT2D eigenvalue weighted by molar-refractivity contribution is 6.00. The number of carbonyl (C=O) groups is 1. The Balaban J connectivity index is 2.13. The molecular formula is C17H19NO3. The predicted octanol–water partition coefficient (Wildman–Crippen LogP) is 3.24. The lowest BCUT2D eigenvalue weighted by molar-refractivity contribution is 0.0817. The van der Waals surface area contributed by atoms with E-state index in [2.05, 4.69) is 0 Å². The monoisotopic (exact) mass is 285 g/mol. The van der Waals surface area contributed by atoms with E-state index in [1.165, 1.54) is 0 Å². The first-order chi connectivity index (χ1) is 10.0. The molecule has 0 saturated carbocycles. The Morgan fingerprint density at radius 3 is 2.29 bits per heavy atom. The largest absolute Gasteiger partial charge is 0.497 e. The molecule has 0 spiro atoms. The van der Waals surface area contributed by atoms with E-state index in [-0.39, 0.29) is 5.78 Å². The Bertz CT molecular complexity index is 635. The molecule has 0 aliphatic carbocycles. The van der Waals surface area contributed by atoms with Gasteiger partial charge in [0.25, 0.3) is 0 Å². The van der Waals surface area contributed by atoms with E-state index < -0.39 is 6.10 Å². The molecule has 0 aliphatic rings. The molecule has 0 heterocycles. The van der Waals surface area contributed by atoms with Crippen molar-refractivity contribution in [2.75, 3.05) is 12.8 Å². The number of ketones is 1. The molecule has 2 N–H and O–H groups in total. The average Bonchev–Trinajstić information content (AvgIpc) is 2.48. The summed E-state index contributed by atoms with van der Waals surface area (Å²) in [6, 6.07) is 12.4. The maximum atomic E-state index is 12.4. The van der Waals surface area contributed by atoms with Crippen molar-refractivity contribution in [1.82, 2.24) is 0 Å². The highest BCUT2D eigenvalue weighted by Gasteiger charge is 2.19. The minimum Gasteiger partial charge on any atom is -0.497 e. The predicted molar refractivity (Wildman–Crippen MR) is 83.0 cm³/mol. The first kappa shape index (κ1) is 14.9. The van der Waals surface area contributed by atoms with Gasteiger partial charge in [0.2, 0.25) is 5.78 Å². The van der Waals surface area contributed by atoms with E-state index in [0.29, 0.717) is 17.0 Å². The summed E-state index contributed by atoms with van der Waals surface area (Å²) >= 11 is 0. The van der Waals surface area contributed by atoms with Crippen molar-refractivity contribution in [1.29, 1.82) is 0 Å². The molecule has 1 atom stereocenters. The zero-order valence-electron chi connectivity index (χ0n) is 12.4. The number of Topliss-reactive ketones (excluding diaryl/α,β-unsaturated/α-hetero) is 1. The van der Waals surface area contributed by atoms with Crippen LogP contribution in [0.3, 0.4) is 0 Å². The Morgan fingerprint density at radius 1 is 1.10 bits per heavy atom. The fourth-order valence-corrected chi connectivity index (χ4v) is 2.06. The molecule has 110 valence electrons. The van der Waals surface area contributed by atoms with Crippen LogP contribution in [0.4, 0.5) is 5.69 Å². The summed E-state index contributed by atoms with van der Waals surface area (Å²) in [5.74, 6) is 1.29. The van der Waals surface area contributed by atoms with Crippen molar-refractivity contribution in [3.63, 3.8) is 0 Å². The molecule has 0 bridgehead atoms. The van der Waals surface area contributed by atoms with Crippen molar-refractivity contribution >= 4 is 11.5 Å². The molecule has 0 amide bonds. The van der Waals surface area contributed by atoms with Crippen LogP contribution in [0.5, 0.6) is 11.5 Å². The van der Waals surface area contributed by atoms with E-state index in [1.807, 2.05) is 13.0 Å². The van der Waals surface area contributed by atoms with Crippen LogP contribution in [-0.2, 0) is 0 Å². The van der Waals surface area contributed by atoms with Gasteiger partial charge in [0.1, 0.15) is 11.5 Å². The molecule has 2 aromatic carbocycles. The molecule has 2 aromatic rings. The fraction of sp³-hybridized carbons (Fsp3) is 0.235. The number of nitrogen functional groups attached to an aromatic ring is 1. The zero-order chi connectivity index (χ0) is 15.4. The molecule has 4 heteroatoms. The fourth-order valence-electron chi connectivity index (χ4n) is 2.06. The van der Waals surface area contributed by atoms with Crippen LogP contribution < -0.4 is 15.2 Å². The number of carbonyl (C=O) groups excluding carboxylic acids is 1. The number of hydrogen-bond acceptors (Lipinski definition) is 4. The number of ether oxygens (including phenoxy) is 2.